The van der Waals surface area contributed by atoms with Gasteiger partial charge in [-0.15, -0.1) is 0 Å². The summed E-state index contributed by atoms with van der Waals surface area (Å²) in [5.74, 6) is -0.538. The van der Waals surface area contributed by atoms with Crippen LogP contribution in [-0.2, 0) is 17.8 Å². The summed E-state index contributed by atoms with van der Waals surface area (Å²) in [5, 5.41) is 8.59. The van der Waals surface area contributed by atoms with E-state index in [9.17, 15) is 9.59 Å². The Labute approximate surface area is 141 Å². The molecule has 24 heavy (non-hydrogen) atoms. The maximum Gasteiger partial charge on any atom is 0.341 e. The van der Waals surface area contributed by atoms with Gasteiger partial charge in [0.2, 0.25) is 0 Å². The van der Waals surface area contributed by atoms with Crippen molar-refractivity contribution in [3.63, 3.8) is 0 Å². The Balaban J connectivity index is 2.02. The van der Waals surface area contributed by atoms with E-state index in [2.05, 4.69) is 0 Å². The molecule has 0 heterocycles. The number of hydrogen-bond donors (Lipinski definition) is 1. The molecule has 0 saturated carbocycles. The third kappa shape index (κ3) is 4.59. The molecule has 0 saturated heterocycles. The average molecular weight is 327 g/mol. The second-order valence-electron chi connectivity index (χ2n) is 5.50. The zero-order chi connectivity index (χ0) is 17.5. The molecule has 5 heteroatoms. The molecule has 0 spiro atoms. The fourth-order valence-electron chi connectivity index (χ4n) is 2.42. The van der Waals surface area contributed by atoms with Gasteiger partial charge in [0, 0.05) is 19.2 Å². The van der Waals surface area contributed by atoms with E-state index in [1.165, 1.54) is 0 Å². The number of aliphatic carboxylic acids is 1. The third-order valence-electron chi connectivity index (χ3n) is 3.68. The summed E-state index contributed by atoms with van der Waals surface area (Å²) in [4.78, 5) is 24.8. The number of hydrogen-bond acceptors (Lipinski definition) is 3. The highest BCUT2D eigenvalue weighted by Gasteiger charge is 2.14. The Kier molecular flexibility index (Phi) is 5.95. The number of ether oxygens (including phenoxy) is 1. The Morgan fingerprint density at radius 2 is 1.75 bits per heavy atom. The Morgan fingerprint density at radius 1 is 1.08 bits per heavy atom. The first-order chi connectivity index (χ1) is 11.5. The molecular formula is C19H21NO4. The van der Waals surface area contributed by atoms with Crippen molar-refractivity contribution in [1.29, 1.82) is 0 Å². The van der Waals surface area contributed by atoms with Gasteiger partial charge in [-0.05, 0) is 35.7 Å². The van der Waals surface area contributed by atoms with E-state index < -0.39 is 5.97 Å². The number of nitrogens with zero attached hydrogens (tertiary/aromatic N) is 1. The topological polar surface area (TPSA) is 66.8 Å². The van der Waals surface area contributed by atoms with Crippen molar-refractivity contribution in [2.45, 2.75) is 19.9 Å². The summed E-state index contributed by atoms with van der Waals surface area (Å²) >= 11 is 0. The van der Waals surface area contributed by atoms with Crippen LogP contribution in [0.2, 0.25) is 0 Å². The molecule has 2 aromatic carbocycles. The number of benzene rings is 2. The number of carboxylic acid groups (broad SMARTS) is 1. The largest absolute Gasteiger partial charge is 0.482 e. The van der Waals surface area contributed by atoms with Crippen LogP contribution in [-0.4, -0.2) is 35.5 Å². The average Bonchev–Trinajstić information content (AvgIpc) is 2.60. The number of carboxylic acids is 1. The molecule has 0 aliphatic heterocycles. The van der Waals surface area contributed by atoms with Crippen molar-refractivity contribution in [2.75, 3.05) is 13.7 Å². The lowest BCUT2D eigenvalue weighted by molar-refractivity contribution is -0.139. The monoisotopic (exact) mass is 327 g/mol. The number of amides is 1. The molecule has 1 amide bonds. The maximum atomic E-state index is 12.6. The highest BCUT2D eigenvalue weighted by atomic mass is 16.5. The third-order valence-corrected chi connectivity index (χ3v) is 3.68. The SMILES string of the molecule is CCc1ccccc1C(=O)N(C)Cc1ccc(OCC(=O)O)cc1. The number of carbonyl (C=O) groups excluding carboxylic acids is 1. The summed E-state index contributed by atoms with van der Waals surface area (Å²) in [5.41, 5.74) is 2.71. The quantitative estimate of drug-likeness (QED) is 0.849. The van der Waals surface area contributed by atoms with Crippen LogP contribution < -0.4 is 4.74 Å². The minimum atomic E-state index is -1.01. The van der Waals surface area contributed by atoms with Gasteiger partial charge in [0.25, 0.3) is 5.91 Å². The predicted octanol–water partition coefficient (Wildman–Crippen LogP) is 2.98. The molecular weight excluding hydrogens is 306 g/mol. The molecule has 1 N–H and O–H groups in total. The van der Waals surface area contributed by atoms with Crippen LogP contribution in [0.15, 0.2) is 48.5 Å². The molecule has 0 aliphatic rings. The summed E-state index contributed by atoms with van der Waals surface area (Å²) in [6.07, 6.45) is 0.811. The lowest BCUT2D eigenvalue weighted by Gasteiger charge is -2.19. The summed E-state index contributed by atoms with van der Waals surface area (Å²) in [6, 6.07) is 14.7. The molecule has 126 valence electrons. The van der Waals surface area contributed by atoms with Gasteiger partial charge in [0.15, 0.2) is 6.61 Å². The van der Waals surface area contributed by atoms with Crippen LogP contribution >= 0.6 is 0 Å². The van der Waals surface area contributed by atoms with Gasteiger partial charge in [0.1, 0.15) is 5.75 Å². The normalized spacial score (nSPS) is 10.2. The second-order valence-corrected chi connectivity index (χ2v) is 5.50. The van der Waals surface area contributed by atoms with Crippen LogP contribution in [0.5, 0.6) is 5.75 Å². The van der Waals surface area contributed by atoms with Crippen LogP contribution in [0.3, 0.4) is 0 Å². The van der Waals surface area contributed by atoms with Crippen molar-refractivity contribution in [2.24, 2.45) is 0 Å². The molecule has 0 atom stereocenters. The highest BCUT2D eigenvalue weighted by molar-refractivity contribution is 5.95. The van der Waals surface area contributed by atoms with E-state index >= 15 is 0 Å². The van der Waals surface area contributed by atoms with Gasteiger partial charge >= 0.3 is 5.97 Å². The van der Waals surface area contributed by atoms with Gasteiger partial charge in [-0.25, -0.2) is 4.79 Å². The van der Waals surface area contributed by atoms with Gasteiger partial charge in [0.05, 0.1) is 0 Å². The van der Waals surface area contributed by atoms with Crippen molar-refractivity contribution >= 4 is 11.9 Å². The zero-order valence-electron chi connectivity index (χ0n) is 13.9. The molecule has 0 fully saturated rings. The van der Waals surface area contributed by atoms with E-state index in [4.69, 9.17) is 9.84 Å². The molecule has 0 unspecified atom stereocenters. The fourth-order valence-corrected chi connectivity index (χ4v) is 2.42. The molecule has 0 aliphatic carbocycles. The highest BCUT2D eigenvalue weighted by Crippen LogP contribution is 2.16. The second kappa shape index (κ2) is 8.15. The molecule has 2 rings (SSSR count). The van der Waals surface area contributed by atoms with Gasteiger partial charge in [-0.3, -0.25) is 4.79 Å². The summed E-state index contributed by atoms with van der Waals surface area (Å²) in [7, 11) is 1.77. The maximum absolute atomic E-state index is 12.6. The summed E-state index contributed by atoms with van der Waals surface area (Å²) in [6.45, 7) is 2.13. The van der Waals surface area contributed by atoms with Crippen LogP contribution in [0.25, 0.3) is 0 Å². The van der Waals surface area contributed by atoms with Crippen LogP contribution in [0.1, 0.15) is 28.4 Å². The van der Waals surface area contributed by atoms with E-state index in [1.54, 1.807) is 24.1 Å². The minimum Gasteiger partial charge on any atom is -0.482 e. The van der Waals surface area contributed by atoms with Crippen LogP contribution in [0.4, 0.5) is 0 Å². The van der Waals surface area contributed by atoms with Crippen molar-refractivity contribution < 1.29 is 19.4 Å². The Morgan fingerprint density at radius 3 is 2.38 bits per heavy atom. The first kappa shape index (κ1) is 17.5. The standard InChI is InChI=1S/C19H21NO4/c1-3-15-6-4-5-7-17(15)19(23)20(2)12-14-8-10-16(11-9-14)24-13-18(21)22/h4-11H,3,12-13H2,1-2H3,(H,21,22). The zero-order valence-corrected chi connectivity index (χ0v) is 13.9. The molecule has 5 nitrogen and oxygen atoms in total. The molecule has 0 aromatic heterocycles. The fraction of sp³-hybridized carbons (Fsp3) is 0.263. The Bertz CT molecular complexity index is 710. The first-order valence-electron chi connectivity index (χ1n) is 7.78. The van der Waals surface area contributed by atoms with Crippen LogP contribution in [0, 0.1) is 0 Å². The van der Waals surface area contributed by atoms with E-state index in [1.807, 2.05) is 43.3 Å². The van der Waals surface area contributed by atoms with Gasteiger partial charge < -0.3 is 14.7 Å². The molecule has 0 radical (unpaired) electrons. The van der Waals surface area contributed by atoms with E-state index in [0.29, 0.717) is 12.3 Å². The first-order valence-corrected chi connectivity index (χ1v) is 7.78. The molecule has 0 bridgehead atoms. The number of aryl methyl sites for hydroxylation is 1. The van der Waals surface area contributed by atoms with E-state index in [0.717, 1.165) is 23.1 Å². The lowest BCUT2D eigenvalue weighted by Crippen LogP contribution is -2.27. The van der Waals surface area contributed by atoms with Gasteiger partial charge in [-0.2, -0.15) is 0 Å². The van der Waals surface area contributed by atoms with E-state index in [-0.39, 0.29) is 12.5 Å². The molecule has 2 aromatic rings. The predicted molar refractivity (Wildman–Crippen MR) is 91.2 cm³/mol. The number of carbonyl (C=O) groups is 2. The smallest absolute Gasteiger partial charge is 0.341 e. The number of rotatable bonds is 7. The summed E-state index contributed by atoms with van der Waals surface area (Å²) < 4.78 is 5.09. The minimum absolute atomic E-state index is 0.0151. The Hall–Kier alpha value is -2.82. The van der Waals surface area contributed by atoms with Crippen molar-refractivity contribution in [3.05, 3.63) is 65.2 Å². The van der Waals surface area contributed by atoms with Crippen molar-refractivity contribution in [1.82, 2.24) is 4.90 Å². The van der Waals surface area contributed by atoms with Gasteiger partial charge in [-0.1, -0.05) is 37.3 Å². The lowest BCUT2D eigenvalue weighted by atomic mass is 10.0. The van der Waals surface area contributed by atoms with Crippen molar-refractivity contribution in [3.8, 4) is 5.75 Å².